The summed E-state index contributed by atoms with van der Waals surface area (Å²) in [5.74, 6) is -0.0104. The molecule has 3 heterocycles. The van der Waals surface area contributed by atoms with Crippen LogP contribution in [-0.2, 0) is 20.7 Å². The van der Waals surface area contributed by atoms with Crippen molar-refractivity contribution in [2.75, 3.05) is 26.3 Å². The fourth-order valence-corrected chi connectivity index (χ4v) is 5.34. The Kier molecular flexibility index (Phi) is 6.61. The smallest absolute Gasteiger partial charge is 0.246 e. The molecule has 0 saturated carbocycles. The van der Waals surface area contributed by atoms with Gasteiger partial charge in [-0.2, -0.15) is 0 Å². The first kappa shape index (κ1) is 22.9. The van der Waals surface area contributed by atoms with Gasteiger partial charge in [0.05, 0.1) is 12.6 Å². The van der Waals surface area contributed by atoms with Gasteiger partial charge in [0.1, 0.15) is 6.04 Å². The summed E-state index contributed by atoms with van der Waals surface area (Å²) in [7, 11) is 0. The number of H-pyrrole nitrogens is 1. The maximum absolute atomic E-state index is 13.6. The topological polar surface area (TPSA) is 65.6 Å². The van der Waals surface area contributed by atoms with Gasteiger partial charge in [-0.15, -0.1) is 0 Å². The Bertz CT molecular complexity index is 1190. The quantitative estimate of drug-likeness (QED) is 0.476. The molecule has 0 unspecified atom stereocenters. The molecule has 1 saturated heterocycles. The van der Waals surface area contributed by atoms with E-state index in [4.69, 9.17) is 16.3 Å². The largest absolute Gasteiger partial charge is 0.381 e. The van der Waals surface area contributed by atoms with Crippen LogP contribution in [0.5, 0.6) is 0 Å². The third-order valence-electron chi connectivity index (χ3n) is 6.89. The van der Waals surface area contributed by atoms with E-state index in [0.717, 1.165) is 53.6 Å². The Morgan fingerprint density at radius 1 is 1.06 bits per heavy atom. The molecule has 0 spiro atoms. The van der Waals surface area contributed by atoms with Crippen molar-refractivity contribution in [2.45, 2.75) is 44.7 Å². The van der Waals surface area contributed by atoms with E-state index < -0.39 is 6.04 Å². The highest BCUT2D eigenvalue weighted by Crippen LogP contribution is 2.42. The van der Waals surface area contributed by atoms with Crippen LogP contribution in [0.1, 0.15) is 49.0 Å². The average molecular weight is 480 g/mol. The number of nitrogens with zero attached hydrogens (tertiary/aromatic N) is 2. The molecule has 1 fully saturated rings. The Balaban J connectivity index is 1.46. The molecule has 178 valence electrons. The fraction of sp³-hybridized carbons (Fsp3) is 0.407. The van der Waals surface area contributed by atoms with Gasteiger partial charge in [-0.3, -0.25) is 9.59 Å². The highest BCUT2D eigenvalue weighted by atomic mass is 35.5. The Morgan fingerprint density at radius 3 is 2.62 bits per heavy atom. The van der Waals surface area contributed by atoms with Crippen molar-refractivity contribution in [3.8, 4) is 0 Å². The summed E-state index contributed by atoms with van der Waals surface area (Å²) >= 11 is 6.15. The summed E-state index contributed by atoms with van der Waals surface area (Å²) in [6.07, 6.45) is 3.38. The van der Waals surface area contributed by atoms with Crippen LogP contribution in [0.25, 0.3) is 10.9 Å². The van der Waals surface area contributed by atoms with Gasteiger partial charge >= 0.3 is 0 Å². The van der Waals surface area contributed by atoms with Gasteiger partial charge in [-0.1, -0.05) is 55.3 Å². The monoisotopic (exact) mass is 479 g/mol. The van der Waals surface area contributed by atoms with E-state index in [9.17, 15) is 9.59 Å². The highest BCUT2D eigenvalue weighted by molar-refractivity contribution is 6.30. The number of hydrogen-bond donors (Lipinski definition) is 1. The number of carbonyl (C=O) groups is 2. The average Bonchev–Trinajstić information content (AvgIpc) is 3.22. The molecule has 3 aromatic rings. The molecule has 0 radical (unpaired) electrons. The molecule has 0 bridgehead atoms. The third kappa shape index (κ3) is 4.21. The predicted molar refractivity (Wildman–Crippen MR) is 133 cm³/mol. The zero-order valence-electron chi connectivity index (χ0n) is 19.4. The molecular formula is C27H30ClN3O3. The summed E-state index contributed by atoms with van der Waals surface area (Å²) < 4.78 is 5.65. The molecule has 2 aliphatic rings. The first-order chi connectivity index (χ1) is 16.6. The number of fused-ring (bicyclic) bond motifs is 4. The number of halogens is 1. The van der Waals surface area contributed by atoms with E-state index in [1.165, 1.54) is 0 Å². The zero-order chi connectivity index (χ0) is 23.7. The Hall–Kier alpha value is -2.83. The van der Waals surface area contributed by atoms with Crippen molar-refractivity contribution >= 4 is 34.3 Å². The summed E-state index contributed by atoms with van der Waals surface area (Å²) in [6.45, 7) is 4.11. The molecule has 5 rings (SSSR count). The van der Waals surface area contributed by atoms with Gasteiger partial charge in [0.2, 0.25) is 11.8 Å². The second kappa shape index (κ2) is 9.80. The van der Waals surface area contributed by atoms with Crippen LogP contribution in [0, 0.1) is 0 Å². The number of piperazine rings is 1. The molecule has 7 heteroatoms. The lowest BCUT2D eigenvalue weighted by atomic mass is 9.86. The number of carbonyl (C=O) groups excluding carboxylic acids is 2. The van der Waals surface area contributed by atoms with Gasteiger partial charge < -0.3 is 19.5 Å². The zero-order valence-corrected chi connectivity index (χ0v) is 20.2. The minimum absolute atomic E-state index is 0.0167. The first-order valence-corrected chi connectivity index (χ1v) is 12.5. The maximum atomic E-state index is 13.6. The van der Waals surface area contributed by atoms with Crippen LogP contribution in [-0.4, -0.2) is 58.9 Å². The molecule has 1 aromatic heterocycles. The van der Waals surface area contributed by atoms with E-state index in [2.05, 4.69) is 18.0 Å². The lowest BCUT2D eigenvalue weighted by molar-refractivity contribution is -0.158. The van der Waals surface area contributed by atoms with Crippen molar-refractivity contribution in [1.82, 2.24) is 14.8 Å². The van der Waals surface area contributed by atoms with Crippen LogP contribution in [0.15, 0.2) is 48.5 Å². The number of unbranched alkanes of at least 4 members (excludes halogenated alkanes) is 1. The number of amides is 2. The molecule has 2 amide bonds. The number of aromatic nitrogens is 1. The lowest BCUT2D eigenvalue weighted by Gasteiger charge is -2.47. The van der Waals surface area contributed by atoms with Gasteiger partial charge in [-0.25, -0.2) is 0 Å². The lowest BCUT2D eigenvalue weighted by Crippen LogP contribution is -2.63. The minimum Gasteiger partial charge on any atom is -0.381 e. The van der Waals surface area contributed by atoms with Crippen molar-refractivity contribution in [3.63, 3.8) is 0 Å². The fourth-order valence-electron chi connectivity index (χ4n) is 5.21. The molecule has 6 nitrogen and oxygen atoms in total. The van der Waals surface area contributed by atoms with Crippen LogP contribution >= 0.6 is 11.6 Å². The number of nitrogens with one attached hydrogen (secondary N) is 1. The van der Waals surface area contributed by atoms with Gasteiger partial charge in [0, 0.05) is 47.8 Å². The van der Waals surface area contributed by atoms with Gasteiger partial charge in [-0.05, 0) is 42.2 Å². The minimum atomic E-state index is -0.519. The van der Waals surface area contributed by atoms with Crippen LogP contribution in [0.2, 0.25) is 5.02 Å². The number of ether oxygens (including phenoxy) is 1. The molecule has 1 N–H and O–H groups in total. The molecule has 34 heavy (non-hydrogen) atoms. The number of benzene rings is 2. The third-order valence-corrected chi connectivity index (χ3v) is 7.14. The van der Waals surface area contributed by atoms with Gasteiger partial charge in [0.15, 0.2) is 0 Å². The van der Waals surface area contributed by atoms with Crippen LogP contribution < -0.4 is 0 Å². The maximum Gasteiger partial charge on any atom is 0.246 e. The summed E-state index contributed by atoms with van der Waals surface area (Å²) in [5.41, 5.74) is 4.06. The summed E-state index contributed by atoms with van der Waals surface area (Å²) in [6, 6.07) is 14.8. The van der Waals surface area contributed by atoms with E-state index in [1.807, 2.05) is 42.5 Å². The predicted octanol–water partition coefficient (Wildman–Crippen LogP) is 4.71. The number of hydrogen-bond acceptors (Lipinski definition) is 3. The van der Waals surface area contributed by atoms with E-state index in [-0.39, 0.29) is 24.4 Å². The van der Waals surface area contributed by atoms with E-state index >= 15 is 0 Å². The second-order valence-corrected chi connectivity index (χ2v) is 9.55. The molecule has 2 aliphatic heterocycles. The molecule has 0 aliphatic carbocycles. The van der Waals surface area contributed by atoms with Crippen molar-refractivity contribution in [2.24, 2.45) is 0 Å². The van der Waals surface area contributed by atoms with Gasteiger partial charge in [0.25, 0.3) is 0 Å². The van der Waals surface area contributed by atoms with Crippen LogP contribution in [0.4, 0.5) is 0 Å². The second-order valence-electron chi connectivity index (χ2n) is 9.12. The number of para-hydroxylation sites is 1. The summed E-state index contributed by atoms with van der Waals surface area (Å²) in [5, 5.41) is 1.75. The molecular weight excluding hydrogens is 450 g/mol. The standard InChI is InChI=1S/C27H30ClN3O3/c1-2-3-14-34-15-6-13-30-17-24(32)31-23(27(30)33)16-21-20-7-4-5-8-22(20)29-25(21)26(31)18-9-11-19(28)12-10-18/h4-5,7-12,23,26,29H,2-3,6,13-17H2,1H3/t23-,26+/m0/s1. The van der Waals surface area contributed by atoms with Crippen molar-refractivity contribution < 1.29 is 14.3 Å². The Labute approximate surface area is 204 Å². The Morgan fingerprint density at radius 2 is 1.82 bits per heavy atom. The van der Waals surface area contributed by atoms with Crippen LogP contribution in [0.3, 0.4) is 0 Å². The van der Waals surface area contributed by atoms with E-state index in [1.54, 1.807) is 9.80 Å². The first-order valence-electron chi connectivity index (χ1n) is 12.1. The normalized spacial score (nSPS) is 20.1. The SMILES string of the molecule is CCCCOCCCN1CC(=O)N2[C@H](c3ccc(Cl)cc3)c3[nH]c4ccccc4c3C[C@H]2C1=O. The number of aromatic amines is 1. The van der Waals surface area contributed by atoms with Crippen molar-refractivity contribution in [3.05, 3.63) is 70.4 Å². The molecule has 2 atom stereocenters. The van der Waals surface area contributed by atoms with Crippen molar-refractivity contribution in [1.29, 1.82) is 0 Å². The molecule has 2 aromatic carbocycles. The highest BCUT2D eigenvalue weighted by Gasteiger charge is 2.48. The number of rotatable bonds is 8. The summed E-state index contributed by atoms with van der Waals surface area (Å²) in [4.78, 5) is 34.2. The van der Waals surface area contributed by atoms with E-state index in [0.29, 0.717) is 24.6 Å².